The van der Waals surface area contributed by atoms with Gasteiger partial charge in [0.15, 0.2) is 0 Å². The number of carbonyl (C=O) groups excluding carboxylic acids is 2. The van der Waals surface area contributed by atoms with Gasteiger partial charge in [-0.05, 0) is 23.3 Å². The minimum absolute atomic E-state index is 0.0826. The zero-order chi connectivity index (χ0) is 15.3. The molecule has 112 valence electrons. The third-order valence-electron chi connectivity index (χ3n) is 2.63. The van der Waals surface area contributed by atoms with Crippen LogP contribution in [0.4, 0.5) is 5.69 Å². The highest BCUT2D eigenvalue weighted by molar-refractivity contribution is 7.12. The topological polar surface area (TPSA) is 81.4 Å². The van der Waals surface area contributed by atoms with Crippen LogP contribution >= 0.6 is 11.3 Å². The Hall–Kier alpha value is -1.40. The van der Waals surface area contributed by atoms with Gasteiger partial charge in [0.1, 0.15) is 4.88 Å². The molecule has 1 amide bonds. The van der Waals surface area contributed by atoms with E-state index in [1.165, 1.54) is 18.4 Å². The standard InChI is InChI=1S/C14H22N2O3S/c1-14(2,3)8-9(15)7-11(17)16-10-5-6-20-12(10)13(18)19-4/h5-6,9H,7-8,15H2,1-4H3,(H,16,17). The molecular formula is C14H22N2O3S. The number of anilines is 1. The maximum absolute atomic E-state index is 11.9. The van der Waals surface area contributed by atoms with Crippen molar-refractivity contribution in [2.24, 2.45) is 11.1 Å². The largest absolute Gasteiger partial charge is 0.465 e. The van der Waals surface area contributed by atoms with E-state index in [1.54, 1.807) is 11.4 Å². The number of ether oxygens (including phenoxy) is 1. The van der Waals surface area contributed by atoms with Crippen molar-refractivity contribution < 1.29 is 14.3 Å². The SMILES string of the molecule is COC(=O)c1sccc1NC(=O)CC(N)CC(C)(C)C. The van der Waals surface area contributed by atoms with E-state index in [1.807, 2.05) is 0 Å². The molecule has 20 heavy (non-hydrogen) atoms. The van der Waals surface area contributed by atoms with E-state index >= 15 is 0 Å². The highest BCUT2D eigenvalue weighted by Crippen LogP contribution is 2.24. The molecule has 1 aromatic rings. The van der Waals surface area contributed by atoms with E-state index in [9.17, 15) is 9.59 Å². The fourth-order valence-electron chi connectivity index (χ4n) is 1.96. The summed E-state index contributed by atoms with van der Waals surface area (Å²) in [6.45, 7) is 6.25. The molecule has 3 N–H and O–H groups in total. The molecule has 0 aliphatic rings. The average molecular weight is 298 g/mol. The van der Waals surface area contributed by atoms with Gasteiger partial charge in [0, 0.05) is 12.5 Å². The van der Waals surface area contributed by atoms with Gasteiger partial charge < -0.3 is 15.8 Å². The zero-order valence-electron chi connectivity index (χ0n) is 12.4. The second-order valence-electron chi connectivity index (χ2n) is 5.93. The monoisotopic (exact) mass is 298 g/mol. The van der Waals surface area contributed by atoms with Crippen LogP contribution in [0.1, 0.15) is 43.3 Å². The molecule has 6 heteroatoms. The number of rotatable bonds is 5. The van der Waals surface area contributed by atoms with Crippen molar-refractivity contribution in [1.82, 2.24) is 0 Å². The molecule has 0 saturated heterocycles. The molecule has 0 aliphatic carbocycles. The smallest absolute Gasteiger partial charge is 0.350 e. The van der Waals surface area contributed by atoms with Crippen molar-refractivity contribution in [2.75, 3.05) is 12.4 Å². The average Bonchev–Trinajstić information content (AvgIpc) is 2.73. The number of esters is 1. The zero-order valence-corrected chi connectivity index (χ0v) is 13.2. The summed E-state index contributed by atoms with van der Waals surface area (Å²) in [5.74, 6) is -0.639. The van der Waals surface area contributed by atoms with Gasteiger partial charge in [0.2, 0.25) is 5.91 Å². The lowest BCUT2D eigenvalue weighted by atomic mass is 9.87. The predicted molar refractivity (Wildman–Crippen MR) is 81.0 cm³/mol. The Kier molecular flexibility index (Phi) is 5.71. The first-order valence-corrected chi connectivity index (χ1v) is 7.32. The molecule has 1 aromatic heterocycles. The summed E-state index contributed by atoms with van der Waals surface area (Å²) in [5.41, 5.74) is 6.53. The number of hydrogen-bond donors (Lipinski definition) is 2. The molecule has 0 spiro atoms. The summed E-state index contributed by atoms with van der Waals surface area (Å²) in [4.78, 5) is 23.8. The van der Waals surface area contributed by atoms with Gasteiger partial charge >= 0.3 is 5.97 Å². The van der Waals surface area contributed by atoms with E-state index in [4.69, 9.17) is 5.73 Å². The number of nitrogens with one attached hydrogen (secondary N) is 1. The minimum Gasteiger partial charge on any atom is -0.465 e. The van der Waals surface area contributed by atoms with Crippen LogP contribution in [0.25, 0.3) is 0 Å². The highest BCUT2D eigenvalue weighted by atomic mass is 32.1. The maximum atomic E-state index is 11.9. The molecular weight excluding hydrogens is 276 g/mol. The molecule has 0 radical (unpaired) electrons. The Morgan fingerprint density at radius 3 is 2.65 bits per heavy atom. The molecule has 0 aliphatic heterocycles. The molecule has 0 bridgehead atoms. The van der Waals surface area contributed by atoms with E-state index < -0.39 is 5.97 Å². The van der Waals surface area contributed by atoms with E-state index in [0.29, 0.717) is 10.6 Å². The quantitative estimate of drug-likeness (QED) is 0.819. The van der Waals surface area contributed by atoms with Crippen molar-refractivity contribution in [3.63, 3.8) is 0 Å². The first kappa shape index (κ1) is 16.7. The Balaban J connectivity index is 2.59. The van der Waals surface area contributed by atoms with Crippen LogP contribution in [0.15, 0.2) is 11.4 Å². The van der Waals surface area contributed by atoms with Crippen LogP contribution < -0.4 is 11.1 Å². The van der Waals surface area contributed by atoms with Crippen molar-refractivity contribution in [2.45, 2.75) is 39.7 Å². The lowest BCUT2D eigenvalue weighted by Gasteiger charge is -2.22. The van der Waals surface area contributed by atoms with Gasteiger partial charge in [0.05, 0.1) is 12.8 Å². The van der Waals surface area contributed by atoms with Crippen molar-refractivity contribution in [3.8, 4) is 0 Å². The molecule has 1 rings (SSSR count). The number of nitrogens with two attached hydrogens (primary N) is 1. The van der Waals surface area contributed by atoms with Gasteiger partial charge in [-0.3, -0.25) is 4.79 Å². The van der Waals surface area contributed by atoms with E-state index in [0.717, 1.165) is 6.42 Å². The van der Waals surface area contributed by atoms with E-state index in [-0.39, 0.29) is 23.8 Å². The third-order valence-corrected chi connectivity index (χ3v) is 3.53. The number of carbonyl (C=O) groups is 2. The first-order valence-electron chi connectivity index (χ1n) is 6.44. The summed E-state index contributed by atoms with van der Waals surface area (Å²) < 4.78 is 4.66. The van der Waals surface area contributed by atoms with Gasteiger partial charge in [0.25, 0.3) is 0 Å². The van der Waals surface area contributed by atoms with Crippen molar-refractivity contribution >= 4 is 28.9 Å². The van der Waals surface area contributed by atoms with Crippen LogP contribution in [0.5, 0.6) is 0 Å². The Labute approximate surface area is 123 Å². The van der Waals surface area contributed by atoms with Gasteiger partial charge in [-0.25, -0.2) is 4.79 Å². The molecule has 0 saturated carbocycles. The molecule has 5 nitrogen and oxygen atoms in total. The fourth-order valence-corrected chi connectivity index (χ4v) is 2.72. The molecule has 1 atom stereocenters. The van der Waals surface area contributed by atoms with Gasteiger partial charge in [-0.1, -0.05) is 20.8 Å². The van der Waals surface area contributed by atoms with Crippen LogP contribution in [-0.4, -0.2) is 25.0 Å². The third kappa shape index (κ3) is 5.30. The summed E-state index contributed by atoms with van der Waals surface area (Å²) in [5, 5.41) is 4.45. The van der Waals surface area contributed by atoms with Gasteiger partial charge in [-0.2, -0.15) is 0 Å². The minimum atomic E-state index is -0.450. The highest BCUT2D eigenvalue weighted by Gasteiger charge is 2.20. The normalized spacial score (nSPS) is 12.8. The lowest BCUT2D eigenvalue weighted by molar-refractivity contribution is -0.116. The summed E-state index contributed by atoms with van der Waals surface area (Å²) in [6.07, 6.45) is 0.988. The second kappa shape index (κ2) is 6.85. The van der Waals surface area contributed by atoms with Crippen LogP contribution in [0, 0.1) is 5.41 Å². The lowest BCUT2D eigenvalue weighted by Crippen LogP contribution is -2.31. The number of hydrogen-bond acceptors (Lipinski definition) is 5. The number of amides is 1. The summed E-state index contributed by atoms with van der Waals surface area (Å²) >= 11 is 1.23. The second-order valence-corrected chi connectivity index (χ2v) is 6.85. The molecule has 1 heterocycles. The van der Waals surface area contributed by atoms with Crippen LogP contribution in [0.2, 0.25) is 0 Å². The van der Waals surface area contributed by atoms with Crippen LogP contribution in [0.3, 0.4) is 0 Å². The molecule has 1 unspecified atom stereocenters. The predicted octanol–water partition coefficient (Wildman–Crippen LogP) is 2.63. The number of methoxy groups -OCH3 is 1. The Bertz CT molecular complexity index is 477. The van der Waals surface area contributed by atoms with E-state index in [2.05, 4.69) is 30.8 Å². The summed E-state index contributed by atoms with van der Waals surface area (Å²) in [7, 11) is 1.31. The maximum Gasteiger partial charge on any atom is 0.350 e. The molecule has 0 aromatic carbocycles. The van der Waals surface area contributed by atoms with Crippen molar-refractivity contribution in [3.05, 3.63) is 16.3 Å². The van der Waals surface area contributed by atoms with Gasteiger partial charge in [-0.15, -0.1) is 11.3 Å². The van der Waals surface area contributed by atoms with Crippen molar-refractivity contribution in [1.29, 1.82) is 0 Å². The molecule has 0 fully saturated rings. The Morgan fingerprint density at radius 2 is 2.10 bits per heavy atom. The Morgan fingerprint density at radius 1 is 1.45 bits per heavy atom. The number of thiophene rings is 1. The fraction of sp³-hybridized carbons (Fsp3) is 0.571. The van der Waals surface area contributed by atoms with Crippen LogP contribution in [-0.2, 0) is 9.53 Å². The summed E-state index contributed by atoms with van der Waals surface area (Å²) in [6, 6.07) is 1.49. The first-order chi connectivity index (χ1) is 9.23.